The predicted octanol–water partition coefficient (Wildman–Crippen LogP) is 4.55. The molecule has 0 heterocycles. The van der Waals surface area contributed by atoms with E-state index in [2.05, 4.69) is 19.9 Å². The number of fused-ring (bicyclic) bond motifs is 5. The molecular weight excluding hydrogens is 452 g/mol. The molecule has 0 saturated heterocycles. The average Bonchev–Trinajstić information content (AvgIpc) is 3.04. The van der Waals surface area contributed by atoms with Crippen LogP contribution in [0.2, 0.25) is 0 Å². The van der Waals surface area contributed by atoms with Crippen molar-refractivity contribution in [1.29, 1.82) is 0 Å². The molecule has 4 aliphatic carbocycles. The lowest BCUT2D eigenvalue weighted by Crippen LogP contribution is -2.55. The Morgan fingerprint density at radius 2 is 1.85 bits per heavy atom. The fraction of sp³-hybridized carbons (Fsp3) is 0.889. The molecule has 0 aromatic carbocycles. The van der Waals surface area contributed by atoms with E-state index in [1.165, 1.54) is 5.57 Å². The number of Topliss-reactive ketones (excluding diaryl/α,β-unsaturated/α-hetero) is 1. The zero-order chi connectivity index (χ0) is 25.3. The van der Waals surface area contributed by atoms with Crippen LogP contribution >= 0.6 is 0 Å². The first kappa shape index (κ1) is 26.3. The van der Waals surface area contributed by atoms with Gasteiger partial charge in [-0.1, -0.05) is 39.3 Å². The van der Waals surface area contributed by atoms with Gasteiger partial charge >= 0.3 is 0 Å². The summed E-state index contributed by atoms with van der Waals surface area (Å²) in [6, 6.07) is 0. The largest absolute Gasteiger partial charge is 0.393 e. The molecule has 0 radical (unpaired) electrons. The van der Waals surface area contributed by atoms with E-state index < -0.39 is 27.1 Å². The Hall–Kier alpha value is -0.760. The number of carbonyl (C=O) groups excluding carboxylic acids is 1. The van der Waals surface area contributed by atoms with Crippen LogP contribution in [0.4, 0.5) is 0 Å². The van der Waals surface area contributed by atoms with Crippen molar-refractivity contribution in [2.24, 2.45) is 40.4 Å². The number of ketones is 1. The van der Waals surface area contributed by atoms with Gasteiger partial charge in [-0.3, -0.25) is 9.35 Å². The molecule has 0 bridgehead atoms. The van der Waals surface area contributed by atoms with Crippen molar-refractivity contribution in [3.8, 4) is 0 Å². The zero-order valence-corrected chi connectivity index (χ0v) is 22.3. The van der Waals surface area contributed by atoms with Gasteiger partial charge in [0.25, 0.3) is 10.1 Å². The molecular formula is C27H44O6S. The number of aliphatic hydroxyl groups is 2. The van der Waals surface area contributed by atoms with E-state index in [1.54, 1.807) is 0 Å². The van der Waals surface area contributed by atoms with Crippen molar-refractivity contribution in [3.63, 3.8) is 0 Å². The molecule has 7 heteroatoms. The Labute approximate surface area is 205 Å². The molecule has 4 rings (SSSR count). The van der Waals surface area contributed by atoms with E-state index in [9.17, 15) is 28.0 Å². The number of allylic oxidation sites excluding steroid dienone is 2. The summed E-state index contributed by atoms with van der Waals surface area (Å²) >= 11 is 0. The minimum Gasteiger partial charge on any atom is -0.393 e. The molecule has 6 nitrogen and oxygen atoms in total. The summed E-state index contributed by atoms with van der Waals surface area (Å²) < 4.78 is 33.3. The second-order valence-corrected chi connectivity index (χ2v) is 14.8. The summed E-state index contributed by atoms with van der Waals surface area (Å²) in [6.45, 7) is 10.3. The van der Waals surface area contributed by atoms with E-state index in [0.717, 1.165) is 19.3 Å². The molecule has 3 N–H and O–H groups in total. The van der Waals surface area contributed by atoms with E-state index >= 15 is 0 Å². The normalized spacial score (nSPS) is 44.0. The van der Waals surface area contributed by atoms with E-state index in [0.29, 0.717) is 38.0 Å². The Morgan fingerprint density at radius 3 is 2.47 bits per heavy atom. The number of rotatable bonds is 6. The Kier molecular flexibility index (Phi) is 6.71. The first-order chi connectivity index (χ1) is 15.6. The van der Waals surface area contributed by atoms with Crippen LogP contribution in [0.3, 0.4) is 0 Å². The maximum atomic E-state index is 12.6. The first-order valence-electron chi connectivity index (χ1n) is 13.2. The monoisotopic (exact) mass is 496 g/mol. The fourth-order valence-electron chi connectivity index (χ4n) is 8.88. The third kappa shape index (κ3) is 4.33. The van der Waals surface area contributed by atoms with Crippen molar-refractivity contribution in [2.45, 2.75) is 109 Å². The van der Waals surface area contributed by atoms with Gasteiger partial charge in [-0.2, -0.15) is 8.42 Å². The lowest BCUT2D eigenvalue weighted by atomic mass is 9.47. The molecule has 4 aliphatic rings. The average molecular weight is 497 g/mol. The molecule has 0 aromatic rings. The summed E-state index contributed by atoms with van der Waals surface area (Å²) in [6.07, 6.45) is 7.07. The molecule has 0 aliphatic heterocycles. The second-order valence-electron chi connectivity index (χ2n) is 13.1. The van der Waals surface area contributed by atoms with Crippen LogP contribution in [0.1, 0.15) is 92.4 Å². The highest BCUT2D eigenvalue weighted by molar-refractivity contribution is 7.86. The minimum atomic E-state index is -4.11. The lowest BCUT2D eigenvalue weighted by Gasteiger charge is -2.58. The van der Waals surface area contributed by atoms with Crippen molar-refractivity contribution in [1.82, 2.24) is 0 Å². The maximum Gasteiger partial charge on any atom is 0.267 e. The SMILES string of the molecule is CC(C)CC(=O)C[C@](C)(O)[C@H]1CC[C@H]2[C@@H]3C[C@H](O)[C@H]4C[C@@H](S(=O)(=O)O)CC[C@]4(C)C3=CC[C@@]21C. The Balaban J connectivity index is 1.60. The second kappa shape index (κ2) is 8.67. The molecule has 9 atom stereocenters. The van der Waals surface area contributed by atoms with Crippen LogP contribution in [0.25, 0.3) is 0 Å². The Bertz CT molecular complexity index is 952. The van der Waals surface area contributed by atoms with Gasteiger partial charge in [-0.15, -0.1) is 0 Å². The van der Waals surface area contributed by atoms with Gasteiger partial charge in [-0.25, -0.2) is 0 Å². The van der Waals surface area contributed by atoms with Gasteiger partial charge in [0.1, 0.15) is 5.78 Å². The lowest BCUT2D eigenvalue weighted by molar-refractivity contribution is -0.130. The Morgan fingerprint density at radius 1 is 1.18 bits per heavy atom. The van der Waals surface area contributed by atoms with Crippen LogP contribution in [0.15, 0.2) is 11.6 Å². The number of hydrogen-bond acceptors (Lipinski definition) is 5. The van der Waals surface area contributed by atoms with Gasteiger partial charge < -0.3 is 10.2 Å². The van der Waals surface area contributed by atoms with Gasteiger partial charge in [0.15, 0.2) is 0 Å². The third-order valence-electron chi connectivity index (χ3n) is 10.4. The smallest absolute Gasteiger partial charge is 0.267 e. The van der Waals surface area contributed by atoms with Crippen LogP contribution in [-0.2, 0) is 14.9 Å². The van der Waals surface area contributed by atoms with E-state index in [1.807, 2.05) is 20.8 Å². The molecule has 0 aromatic heterocycles. The van der Waals surface area contributed by atoms with Gasteiger partial charge in [0.2, 0.25) is 0 Å². The van der Waals surface area contributed by atoms with Gasteiger partial charge in [0.05, 0.1) is 17.0 Å². The van der Waals surface area contributed by atoms with Crippen LogP contribution in [0.5, 0.6) is 0 Å². The summed E-state index contributed by atoms with van der Waals surface area (Å²) in [4.78, 5) is 12.6. The van der Waals surface area contributed by atoms with Gasteiger partial charge in [-0.05, 0) is 92.3 Å². The van der Waals surface area contributed by atoms with Crippen molar-refractivity contribution in [2.75, 3.05) is 0 Å². The molecule has 0 unspecified atom stereocenters. The molecule has 0 spiro atoms. The highest BCUT2D eigenvalue weighted by Crippen LogP contribution is 2.67. The maximum absolute atomic E-state index is 12.6. The van der Waals surface area contributed by atoms with Crippen molar-refractivity contribution < 1.29 is 28.0 Å². The highest BCUT2D eigenvalue weighted by atomic mass is 32.2. The number of carbonyl (C=O) groups is 1. The minimum absolute atomic E-state index is 0.0249. The van der Waals surface area contributed by atoms with E-state index in [-0.39, 0.29) is 46.7 Å². The third-order valence-corrected chi connectivity index (χ3v) is 11.6. The summed E-state index contributed by atoms with van der Waals surface area (Å²) in [7, 11) is -4.11. The quantitative estimate of drug-likeness (QED) is 0.367. The number of aliphatic hydroxyl groups excluding tert-OH is 1. The standard InChI is InChI=1S/C27H44O6S/c1-16(2)12-17(28)15-27(5,30)24-7-6-20-19-14-23(29)22-13-18(34(31,32)33)8-10-25(22,3)21(19)9-11-26(20,24)4/h9,16,18-20,22-24,29-30H,6-8,10-15H2,1-5H3,(H,31,32,33)/t18-,19-,20-,22+,23-,24-,25+,26-,27-/m0/s1. The number of hydrogen-bond donors (Lipinski definition) is 3. The molecule has 3 fully saturated rings. The first-order valence-corrected chi connectivity index (χ1v) is 14.7. The van der Waals surface area contributed by atoms with Crippen LogP contribution in [-0.4, -0.2) is 45.9 Å². The molecule has 0 amide bonds. The van der Waals surface area contributed by atoms with E-state index in [4.69, 9.17) is 0 Å². The molecule has 194 valence electrons. The fourth-order valence-corrected chi connectivity index (χ4v) is 9.74. The summed E-state index contributed by atoms with van der Waals surface area (Å²) in [5.41, 5.74) is -0.0906. The molecule has 3 saturated carbocycles. The van der Waals surface area contributed by atoms with Crippen LogP contribution < -0.4 is 0 Å². The van der Waals surface area contributed by atoms with Gasteiger partial charge in [0, 0.05) is 12.8 Å². The topological polar surface area (TPSA) is 112 Å². The summed E-state index contributed by atoms with van der Waals surface area (Å²) in [5, 5.41) is 22.0. The summed E-state index contributed by atoms with van der Waals surface area (Å²) in [5.74, 6) is 0.799. The van der Waals surface area contributed by atoms with Crippen molar-refractivity contribution >= 4 is 15.9 Å². The zero-order valence-electron chi connectivity index (χ0n) is 21.5. The molecule has 34 heavy (non-hydrogen) atoms. The van der Waals surface area contributed by atoms with Crippen molar-refractivity contribution in [3.05, 3.63) is 11.6 Å². The predicted molar refractivity (Wildman–Crippen MR) is 132 cm³/mol. The van der Waals surface area contributed by atoms with Crippen LogP contribution in [0, 0.1) is 40.4 Å². The highest BCUT2D eigenvalue weighted by Gasteiger charge is 2.62.